The minimum absolute atomic E-state index is 0.113. The molecule has 1 fully saturated rings. The molecule has 1 aromatic rings. The van der Waals surface area contributed by atoms with Gasteiger partial charge in [0.25, 0.3) is 0 Å². The monoisotopic (exact) mass is 235 g/mol. The van der Waals surface area contributed by atoms with Crippen LogP contribution in [-0.4, -0.2) is 48.9 Å². The van der Waals surface area contributed by atoms with Gasteiger partial charge in [-0.05, 0) is 7.05 Å². The molecule has 2 rings (SSSR count). The number of nitrogen functional groups attached to an aromatic ring is 1. The summed E-state index contributed by atoms with van der Waals surface area (Å²) >= 11 is 0. The van der Waals surface area contributed by atoms with E-state index in [1.54, 1.807) is 6.07 Å². The zero-order valence-electron chi connectivity index (χ0n) is 9.86. The third-order valence-electron chi connectivity index (χ3n) is 2.96. The van der Waals surface area contributed by atoms with Crippen LogP contribution in [0.25, 0.3) is 0 Å². The Hall–Kier alpha value is -1.82. The van der Waals surface area contributed by atoms with Gasteiger partial charge in [-0.15, -0.1) is 0 Å². The van der Waals surface area contributed by atoms with Crippen molar-refractivity contribution in [2.45, 2.75) is 0 Å². The average molecular weight is 235 g/mol. The second-order valence-electron chi connectivity index (χ2n) is 4.32. The molecule has 0 amide bonds. The molecule has 0 bridgehead atoms. The molecule has 0 saturated carbocycles. The molecule has 0 unspecified atom stereocenters. The minimum Gasteiger partial charge on any atom is -0.382 e. The van der Waals surface area contributed by atoms with Gasteiger partial charge in [-0.1, -0.05) is 0 Å². The van der Waals surface area contributed by atoms with Crippen LogP contribution in [0.5, 0.6) is 0 Å². The van der Waals surface area contributed by atoms with Crippen molar-refractivity contribution < 1.29 is 0 Å². The van der Waals surface area contributed by atoms with Gasteiger partial charge in [0.1, 0.15) is 11.7 Å². The van der Waals surface area contributed by atoms with Crippen LogP contribution in [0.2, 0.25) is 0 Å². The Morgan fingerprint density at radius 2 is 2.00 bits per heavy atom. The Labute approximate surface area is 99.5 Å². The predicted molar refractivity (Wildman–Crippen MR) is 67.8 cm³/mol. The van der Waals surface area contributed by atoms with Crippen molar-refractivity contribution >= 4 is 11.7 Å². The number of rotatable bonds is 2. The number of hydrogen-bond donors (Lipinski definition) is 3. The molecule has 1 aliphatic heterocycles. The van der Waals surface area contributed by atoms with E-state index in [1.165, 1.54) is 6.07 Å². The fourth-order valence-electron chi connectivity index (χ4n) is 1.89. The van der Waals surface area contributed by atoms with Gasteiger partial charge in [-0.2, -0.15) is 0 Å². The summed E-state index contributed by atoms with van der Waals surface area (Å²) in [5.74, 6) is 0.633. The van der Waals surface area contributed by atoms with E-state index in [-0.39, 0.29) is 11.3 Å². The number of nitrogens with zero attached hydrogens (tertiary/aromatic N) is 2. The molecule has 0 radical (unpaired) electrons. The summed E-state index contributed by atoms with van der Waals surface area (Å²) in [5, 5.41) is 7.36. The lowest BCUT2D eigenvalue weighted by molar-refractivity contribution is 0.312. The number of piperazine rings is 1. The Morgan fingerprint density at radius 1 is 1.35 bits per heavy atom. The fourth-order valence-corrected chi connectivity index (χ4v) is 1.89. The zero-order valence-corrected chi connectivity index (χ0v) is 9.86. The minimum atomic E-state index is -0.122. The number of aromatic amines is 1. The van der Waals surface area contributed by atoms with Crippen LogP contribution < -0.4 is 16.1 Å². The van der Waals surface area contributed by atoms with E-state index >= 15 is 0 Å². The average Bonchev–Trinajstić information content (AvgIpc) is 2.29. The van der Waals surface area contributed by atoms with Gasteiger partial charge in [0.2, 0.25) is 0 Å². The second-order valence-corrected chi connectivity index (χ2v) is 4.32. The number of amidine groups is 1. The van der Waals surface area contributed by atoms with E-state index in [9.17, 15) is 4.79 Å². The highest BCUT2D eigenvalue weighted by molar-refractivity contribution is 5.93. The SMILES string of the molecule is CN1CCN(c2cc(=O)cc(C(=N)N)[nH]2)CC1. The number of anilines is 1. The van der Waals surface area contributed by atoms with Crippen LogP contribution in [0.3, 0.4) is 0 Å². The van der Waals surface area contributed by atoms with Crippen LogP contribution in [0.15, 0.2) is 16.9 Å². The molecule has 0 atom stereocenters. The van der Waals surface area contributed by atoms with E-state index in [0.29, 0.717) is 5.69 Å². The molecular formula is C11H17N5O. The van der Waals surface area contributed by atoms with Gasteiger partial charge in [-0.3, -0.25) is 10.2 Å². The van der Waals surface area contributed by atoms with Gasteiger partial charge < -0.3 is 20.5 Å². The first-order chi connectivity index (χ1) is 8.06. The summed E-state index contributed by atoms with van der Waals surface area (Å²) in [5.41, 5.74) is 5.65. The van der Waals surface area contributed by atoms with Crippen molar-refractivity contribution in [1.29, 1.82) is 5.41 Å². The van der Waals surface area contributed by atoms with Crippen molar-refractivity contribution in [1.82, 2.24) is 9.88 Å². The molecule has 6 heteroatoms. The number of hydrogen-bond acceptors (Lipinski definition) is 4. The van der Waals surface area contributed by atoms with Gasteiger partial charge >= 0.3 is 0 Å². The van der Waals surface area contributed by atoms with Crippen molar-refractivity contribution in [3.8, 4) is 0 Å². The smallest absolute Gasteiger partial charge is 0.184 e. The van der Waals surface area contributed by atoms with Crippen LogP contribution in [0, 0.1) is 5.41 Å². The molecule has 4 N–H and O–H groups in total. The third-order valence-corrected chi connectivity index (χ3v) is 2.96. The molecule has 1 aliphatic rings. The lowest BCUT2D eigenvalue weighted by atomic mass is 10.3. The van der Waals surface area contributed by atoms with Gasteiger partial charge in [-0.25, -0.2) is 0 Å². The molecule has 1 aromatic heterocycles. The number of pyridine rings is 1. The van der Waals surface area contributed by atoms with Crippen molar-refractivity contribution in [3.05, 3.63) is 28.0 Å². The fraction of sp³-hybridized carbons (Fsp3) is 0.455. The largest absolute Gasteiger partial charge is 0.382 e. The zero-order chi connectivity index (χ0) is 12.4. The summed E-state index contributed by atoms with van der Waals surface area (Å²) in [7, 11) is 2.08. The summed E-state index contributed by atoms with van der Waals surface area (Å²) in [6.07, 6.45) is 0. The number of nitrogens with one attached hydrogen (secondary N) is 2. The van der Waals surface area contributed by atoms with E-state index in [4.69, 9.17) is 11.1 Å². The van der Waals surface area contributed by atoms with Crippen molar-refractivity contribution in [2.75, 3.05) is 38.1 Å². The standard InChI is InChI=1S/C11H17N5O/c1-15-2-4-16(5-3-15)10-7-8(17)6-9(14-10)11(12)13/h6-7H,2-5H2,1H3,(H3,12,13)(H,14,17). The topological polar surface area (TPSA) is 89.2 Å². The number of aromatic nitrogens is 1. The summed E-state index contributed by atoms with van der Waals surface area (Å²) in [6, 6.07) is 2.90. The Kier molecular flexibility index (Phi) is 3.14. The van der Waals surface area contributed by atoms with Crippen LogP contribution >= 0.6 is 0 Å². The number of nitrogens with two attached hydrogens (primary N) is 1. The lowest BCUT2D eigenvalue weighted by Crippen LogP contribution is -2.45. The summed E-state index contributed by atoms with van der Waals surface area (Å²) < 4.78 is 0. The van der Waals surface area contributed by atoms with Gasteiger partial charge in [0.05, 0.1) is 5.69 Å². The molecule has 0 spiro atoms. The molecule has 17 heavy (non-hydrogen) atoms. The molecule has 92 valence electrons. The Morgan fingerprint density at radius 3 is 2.59 bits per heavy atom. The maximum Gasteiger partial charge on any atom is 0.184 e. The number of H-pyrrole nitrogens is 1. The van der Waals surface area contributed by atoms with Gasteiger partial charge in [0, 0.05) is 38.3 Å². The first-order valence-corrected chi connectivity index (χ1v) is 5.58. The normalized spacial score (nSPS) is 17.1. The summed E-state index contributed by atoms with van der Waals surface area (Å²) in [6.45, 7) is 3.67. The maximum atomic E-state index is 11.5. The van der Waals surface area contributed by atoms with Crippen molar-refractivity contribution in [2.24, 2.45) is 5.73 Å². The predicted octanol–water partition coefficient (Wildman–Crippen LogP) is -0.589. The maximum absolute atomic E-state index is 11.5. The molecular weight excluding hydrogens is 218 g/mol. The summed E-state index contributed by atoms with van der Waals surface area (Å²) in [4.78, 5) is 18.9. The van der Waals surface area contributed by atoms with E-state index in [1.807, 2.05) is 0 Å². The molecule has 0 aromatic carbocycles. The highest BCUT2D eigenvalue weighted by atomic mass is 16.1. The van der Waals surface area contributed by atoms with Crippen LogP contribution in [0.1, 0.15) is 5.69 Å². The highest BCUT2D eigenvalue weighted by Crippen LogP contribution is 2.11. The Balaban J connectivity index is 2.26. The third kappa shape index (κ3) is 2.65. The molecule has 0 aliphatic carbocycles. The van der Waals surface area contributed by atoms with Crippen LogP contribution in [-0.2, 0) is 0 Å². The molecule has 1 saturated heterocycles. The van der Waals surface area contributed by atoms with Crippen LogP contribution in [0.4, 0.5) is 5.82 Å². The van der Waals surface area contributed by atoms with E-state index < -0.39 is 0 Å². The molecule has 2 heterocycles. The number of likely N-dealkylation sites (N-methyl/N-ethyl adjacent to an activating group) is 1. The first kappa shape index (κ1) is 11.7. The van der Waals surface area contributed by atoms with Gasteiger partial charge in [0.15, 0.2) is 5.43 Å². The second kappa shape index (κ2) is 4.58. The van der Waals surface area contributed by atoms with E-state index in [2.05, 4.69) is 21.8 Å². The Bertz CT molecular complexity index is 473. The first-order valence-electron chi connectivity index (χ1n) is 5.58. The quantitative estimate of drug-likeness (QED) is 0.472. The molecule has 6 nitrogen and oxygen atoms in total. The lowest BCUT2D eigenvalue weighted by Gasteiger charge is -2.33. The van der Waals surface area contributed by atoms with Crippen molar-refractivity contribution in [3.63, 3.8) is 0 Å². The van der Waals surface area contributed by atoms with E-state index in [0.717, 1.165) is 32.0 Å². The highest BCUT2D eigenvalue weighted by Gasteiger charge is 2.15.